The third kappa shape index (κ3) is 4.22. The fourth-order valence-electron chi connectivity index (χ4n) is 2.36. The van der Waals surface area contributed by atoms with Gasteiger partial charge in [-0.1, -0.05) is 6.07 Å². The van der Waals surface area contributed by atoms with Crippen molar-refractivity contribution in [2.45, 2.75) is 6.18 Å². The fourth-order valence-corrected chi connectivity index (χ4v) is 2.36. The highest BCUT2D eigenvalue weighted by Gasteiger charge is 2.30. The van der Waals surface area contributed by atoms with Crippen LogP contribution >= 0.6 is 0 Å². The Morgan fingerprint density at radius 1 is 1.19 bits per heavy atom. The van der Waals surface area contributed by atoms with E-state index in [2.05, 4.69) is 20.5 Å². The Labute approximate surface area is 149 Å². The average Bonchev–Trinajstić information content (AvgIpc) is 2.92. The topological polar surface area (TPSA) is 89.8 Å². The molecule has 10 heteroatoms. The summed E-state index contributed by atoms with van der Waals surface area (Å²) in [4.78, 5) is 14.4. The maximum Gasteiger partial charge on any atom is 0.416 e. The molecular weight excluding hydrogens is 368 g/mol. The Morgan fingerprint density at radius 3 is 2.70 bits per heavy atom. The Hall–Kier alpha value is -3.43. The summed E-state index contributed by atoms with van der Waals surface area (Å²) in [6, 6.07) is 8.03. The molecular formula is C17H12F4N4O2. The van der Waals surface area contributed by atoms with E-state index in [4.69, 9.17) is 0 Å². The van der Waals surface area contributed by atoms with E-state index in [1.807, 2.05) is 0 Å². The van der Waals surface area contributed by atoms with E-state index in [0.29, 0.717) is 5.52 Å². The van der Waals surface area contributed by atoms with Crippen molar-refractivity contribution < 1.29 is 27.5 Å². The number of azo groups is 1. The molecule has 0 radical (unpaired) electrons. The van der Waals surface area contributed by atoms with Gasteiger partial charge in [-0.05, 0) is 36.4 Å². The zero-order valence-corrected chi connectivity index (χ0v) is 13.5. The van der Waals surface area contributed by atoms with Crippen LogP contribution in [-0.4, -0.2) is 22.5 Å². The molecule has 27 heavy (non-hydrogen) atoms. The lowest BCUT2D eigenvalue weighted by Crippen LogP contribution is -2.12. The van der Waals surface area contributed by atoms with Crippen molar-refractivity contribution in [2.75, 3.05) is 11.9 Å². The molecule has 0 aliphatic carbocycles. The first-order chi connectivity index (χ1) is 12.7. The van der Waals surface area contributed by atoms with Gasteiger partial charge in [0.1, 0.15) is 5.82 Å². The fraction of sp³-hybridized carbons (Fsp3) is 0.118. The minimum absolute atomic E-state index is 0.0883. The maximum atomic E-state index is 13.3. The quantitative estimate of drug-likeness (QED) is 0.451. The van der Waals surface area contributed by atoms with Gasteiger partial charge in [0.25, 0.3) is 5.91 Å². The van der Waals surface area contributed by atoms with Crippen LogP contribution in [0.1, 0.15) is 5.56 Å². The molecule has 1 heterocycles. The van der Waals surface area contributed by atoms with Crippen LogP contribution in [-0.2, 0) is 11.0 Å². The van der Waals surface area contributed by atoms with Crippen molar-refractivity contribution in [1.82, 2.24) is 4.98 Å². The van der Waals surface area contributed by atoms with Crippen molar-refractivity contribution >= 4 is 28.2 Å². The van der Waals surface area contributed by atoms with Gasteiger partial charge in [0.2, 0.25) is 5.88 Å². The minimum Gasteiger partial charge on any atom is -0.493 e. The number of hydrogen-bond acceptors (Lipinski definition) is 4. The molecule has 1 aromatic heterocycles. The van der Waals surface area contributed by atoms with Gasteiger partial charge in [-0.15, -0.1) is 10.2 Å². The summed E-state index contributed by atoms with van der Waals surface area (Å²) >= 11 is 0. The summed E-state index contributed by atoms with van der Waals surface area (Å²) in [7, 11) is 0. The molecule has 3 aromatic rings. The van der Waals surface area contributed by atoms with Gasteiger partial charge in [-0.2, -0.15) is 13.2 Å². The Bertz CT molecular complexity index is 1030. The number of carbonyl (C=O) groups is 1. The van der Waals surface area contributed by atoms with Gasteiger partial charge in [0.15, 0.2) is 5.69 Å². The van der Waals surface area contributed by atoms with E-state index >= 15 is 0 Å². The predicted molar refractivity (Wildman–Crippen MR) is 89.4 cm³/mol. The van der Waals surface area contributed by atoms with E-state index in [0.717, 1.165) is 18.2 Å². The lowest BCUT2D eigenvalue weighted by atomic mass is 10.2. The number of anilines is 1. The van der Waals surface area contributed by atoms with E-state index < -0.39 is 35.9 Å². The number of benzene rings is 2. The van der Waals surface area contributed by atoms with Crippen molar-refractivity contribution in [3.05, 3.63) is 53.8 Å². The number of nitrogens with one attached hydrogen (secondary N) is 2. The summed E-state index contributed by atoms with van der Waals surface area (Å²) in [5, 5.41) is 19.5. The highest BCUT2D eigenvalue weighted by atomic mass is 19.4. The minimum atomic E-state index is -4.50. The van der Waals surface area contributed by atoms with Crippen molar-refractivity contribution in [3.8, 4) is 5.88 Å². The number of rotatable bonds is 4. The van der Waals surface area contributed by atoms with E-state index in [1.54, 1.807) is 0 Å². The highest BCUT2D eigenvalue weighted by molar-refractivity contribution is 5.94. The summed E-state index contributed by atoms with van der Waals surface area (Å²) in [5.41, 5.74) is -0.480. The van der Waals surface area contributed by atoms with Crippen LogP contribution in [0, 0.1) is 5.82 Å². The van der Waals surface area contributed by atoms with Crippen molar-refractivity contribution in [1.29, 1.82) is 0 Å². The average molecular weight is 380 g/mol. The number of aromatic amines is 1. The van der Waals surface area contributed by atoms with Crippen molar-refractivity contribution in [3.63, 3.8) is 0 Å². The molecule has 3 rings (SSSR count). The largest absolute Gasteiger partial charge is 0.493 e. The third-order valence-corrected chi connectivity index (χ3v) is 3.61. The van der Waals surface area contributed by atoms with E-state index in [9.17, 15) is 27.5 Å². The highest BCUT2D eigenvalue weighted by Crippen LogP contribution is 2.35. The molecule has 0 bridgehead atoms. The second kappa shape index (κ2) is 7.06. The number of amides is 1. The smallest absolute Gasteiger partial charge is 0.416 e. The molecule has 0 fully saturated rings. The van der Waals surface area contributed by atoms with Crippen LogP contribution in [0.4, 0.5) is 28.9 Å². The summed E-state index contributed by atoms with van der Waals surface area (Å²) < 4.78 is 51.3. The number of aromatic hydroxyl groups is 1. The van der Waals surface area contributed by atoms with Gasteiger partial charge in [0.05, 0.1) is 17.6 Å². The normalized spacial score (nSPS) is 12.0. The summed E-state index contributed by atoms with van der Waals surface area (Å²) in [6.07, 6.45) is -4.50. The molecule has 3 N–H and O–H groups in total. The number of halogens is 4. The number of carbonyl (C=O) groups excluding carboxylic acids is 1. The molecule has 0 saturated carbocycles. The molecule has 0 saturated heterocycles. The molecule has 0 atom stereocenters. The second-order valence-electron chi connectivity index (χ2n) is 5.54. The first-order valence-corrected chi connectivity index (χ1v) is 7.60. The SMILES string of the molecule is O=C(CNc1cccc(C(F)(F)F)c1)N=Nc1c(O)[nH]c2ccc(F)cc12. The van der Waals surface area contributed by atoms with Gasteiger partial charge in [0, 0.05) is 11.1 Å². The van der Waals surface area contributed by atoms with Crippen LogP contribution in [0.25, 0.3) is 10.9 Å². The maximum absolute atomic E-state index is 13.3. The molecule has 0 unspecified atom stereocenters. The van der Waals surface area contributed by atoms with Crippen molar-refractivity contribution in [2.24, 2.45) is 10.2 Å². The van der Waals surface area contributed by atoms with E-state index in [1.165, 1.54) is 24.3 Å². The van der Waals surface area contributed by atoms with Gasteiger partial charge in [-0.3, -0.25) is 4.79 Å². The van der Waals surface area contributed by atoms with Crippen LogP contribution < -0.4 is 5.32 Å². The number of aromatic nitrogens is 1. The summed E-state index contributed by atoms with van der Waals surface area (Å²) in [6.45, 7) is -0.414. The number of H-pyrrole nitrogens is 1. The van der Waals surface area contributed by atoms with Gasteiger partial charge >= 0.3 is 6.18 Å². The van der Waals surface area contributed by atoms with E-state index in [-0.39, 0.29) is 16.8 Å². The molecule has 2 aromatic carbocycles. The predicted octanol–water partition coefficient (Wildman–Crippen LogP) is 4.75. The lowest BCUT2D eigenvalue weighted by molar-refractivity contribution is -0.137. The number of alkyl halides is 3. The molecule has 0 aliphatic heterocycles. The molecule has 140 valence electrons. The molecule has 0 spiro atoms. The zero-order valence-electron chi connectivity index (χ0n) is 13.5. The molecule has 1 amide bonds. The van der Waals surface area contributed by atoms with Gasteiger partial charge < -0.3 is 15.4 Å². The summed E-state index contributed by atoms with van der Waals surface area (Å²) in [5.74, 6) is -1.74. The second-order valence-corrected chi connectivity index (χ2v) is 5.54. The molecule has 0 aliphatic rings. The standard InChI is InChI=1S/C17H12F4N4O2/c18-10-4-5-13-12(7-10)15(16(27)23-13)25-24-14(26)8-22-11-3-1-2-9(6-11)17(19,20)21/h1-7,22-23,27H,8H2. The van der Waals surface area contributed by atoms with Gasteiger partial charge in [-0.25, -0.2) is 4.39 Å². The van der Waals surface area contributed by atoms with Crippen LogP contribution in [0.3, 0.4) is 0 Å². The Balaban J connectivity index is 1.70. The Morgan fingerprint density at radius 2 is 1.96 bits per heavy atom. The van der Waals surface area contributed by atoms with Crippen LogP contribution in [0.2, 0.25) is 0 Å². The Kier molecular flexibility index (Phi) is 4.80. The third-order valence-electron chi connectivity index (χ3n) is 3.61. The number of fused-ring (bicyclic) bond motifs is 1. The number of hydrogen-bond donors (Lipinski definition) is 3. The molecule has 6 nitrogen and oxygen atoms in total. The van der Waals surface area contributed by atoms with Crippen LogP contribution in [0.15, 0.2) is 52.7 Å². The monoisotopic (exact) mass is 380 g/mol. The number of nitrogens with zero attached hydrogens (tertiary/aromatic N) is 2. The lowest BCUT2D eigenvalue weighted by Gasteiger charge is -2.09. The first kappa shape index (κ1) is 18.4. The zero-order chi connectivity index (χ0) is 19.6. The first-order valence-electron chi connectivity index (χ1n) is 7.60. The van der Waals surface area contributed by atoms with Crippen LogP contribution in [0.5, 0.6) is 5.88 Å².